The zero-order valence-electron chi connectivity index (χ0n) is 16.5. The van der Waals surface area contributed by atoms with Crippen LogP contribution in [0.25, 0.3) is 0 Å². The molecule has 1 heterocycles. The molecule has 5 heteroatoms. The van der Waals surface area contributed by atoms with Crippen molar-refractivity contribution in [1.29, 1.82) is 0 Å². The van der Waals surface area contributed by atoms with Crippen LogP contribution < -0.4 is 5.32 Å². The molecule has 1 N–H and O–H groups in total. The van der Waals surface area contributed by atoms with Crippen LogP contribution in [-0.4, -0.2) is 35.7 Å². The number of amides is 3. The number of hydrogen-bond donors (Lipinski definition) is 1. The third-order valence-electron chi connectivity index (χ3n) is 5.38. The summed E-state index contributed by atoms with van der Waals surface area (Å²) in [6.45, 7) is 9.25. The molecule has 0 bridgehead atoms. The zero-order valence-corrected chi connectivity index (χ0v) is 16.5. The molecule has 1 saturated heterocycles. The molecule has 0 aromatic rings. The highest BCUT2D eigenvalue weighted by Crippen LogP contribution is 2.31. The fourth-order valence-electron chi connectivity index (χ4n) is 3.25. The first-order valence-electron chi connectivity index (χ1n) is 9.99. The predicted octanol–water partition coefficient (Wildman–Crippen LogP) is 3.52. The van der Waals surface area contributed by atoms with Gasteiger partial charge in [-0.25, -0.2) is 0 Å². The minimum Gasteiger partial charge on any atom is -0.356 e. The average Bonchev–Trinajstić information content (AvgIpc) is 2.85. The van der Waals surface area contributed by atoms with Gasteiger partial charge in [-0.1, -0.05) is 59.8 Å². The van der Waals surface area contributed by atoms with Gasteiger partial charge in [0.1, 0.15) is 0 Å². The minimum absolute atomic E-state index is 0.0745. The largest absolute Gasteiger partial charge is 0.356 e. The molecule has 1 aliphatic heterocycles. The van der Waals surface area contributed by atoms with Gasteiger partial charge in [0.15, 0.2) is 0 Å². The van der Waals surface area contributed by atoms with Crippen molar-refractivity contribution in [1.82, 2.24) is 10.2 Å². The van der Waals surface area contributed by atoms with E-state index in [9.17, 15) is 14.4 Å². The van der Waals surface area contributed by atoms with E-state index in [1.807, 2.05) is 6.92 Å². The third-order valence-corrected chi connectivity index (χ3v) is 5.38. The Labute approximate surface area is 152 Å². The van der Waals surface area contributed by atoms with E-state index in [0.29, 0.717) is 12.5 Å². The second kappa shape index (κ2) is 11.3. The molecule has 2 atom stereocenters. The summed E-state index contributed by atoms with van der Waals surface area (Å²) in [5.74, 6) is 0.0136. The van der Waals surface area contributed by atoms with Gasteiger partial charge in [0, 0.05) is 25.9 Å². The molecule has 25 heavy (non-hydrogen) atoms. The van der Waals surface area contributed by atoms with Gasteiger partial charge in [0.2, 0.25) is 17.7 Å². The van der Waals surface area contributed by atoms with Crippen molar-refractivity contribution in [2.24, 2.45) is 17.8 Å². The summed E-state index contributed by atoms with van der Waals surface area (Å²) in [5, 5.41) is 2.89. The SMILES string of the molecule is CCCCCCCCNC(=O)CCN1C(=O)CC(C(C)C(C)C)C1=O. The fraction of sp³-hybridized carbons (Fsp3) is 0.850. The Balaban J connectivity index is 2.25. The lowest BCUT2D eigenvalue weighted by Gasteiger charge is -2.21. The second-order valence-corrected chi connectivity index (χ2v) is 7.67. The maximum atomic E-state index is 12.4. The number of rotatable bonds is 12. The summed E-state index contributed by atoms with van der Waals surface area (Å²) in [7, 11) is 0. The molecule has 1 aliphatic rings. The van der Waals surface area contributed by atoms with Crippen LogP contribution in [0.15, 0.2) is 0 Å². The molecule has 0 saturated carbocycles. The average molecular weight is 353 g/mol. The van der Waals surface area contributed by atoms with E-state index in [1.165, 1.54) is 30.6 Å². The lowest BCUT2D eigenvalue weighted by atomic mass is 9.84. The van der Waals surface area contributed by atoms with Crippen LogP contribution in [-0.2, 0) is 14.4 Å². The standard InChI is InChI=1S/C20H36N2O3/c1-5-6-7-8-9-10-12-21-18(23)11-13-22-19(24)14-17(20(22)25)16(4)15(2)3/h15-17H,5-14H2,1-4H3,(H,21,23). The lowest BCUT2D eigenvalue weighted by molar-refractivity contribution is -0.140. The van der Waals surface area contributed by atoms with Crippen LogP contribution in [0.5, 0.6) is 0 Å². The molecule has 0 aliphatic carbocycles. The Morgan fingerprint density at radius 1 is 1.12 bits per heavy atom. The number of carbonyl (C=O) groups is 3. The molecule has 0 aromatic heterocycles. The number of imide groups is 1. The molecule has 1 fully saturated rings. The van der Waals surface area contributed by atoms with Gasteiger partial charge in [-0.3, -0.25) is 19.3 Å². The fourth-order valence-corrected chi connectivity index (χ4v) is 3.25. The Morgan fingerprint density at radius 3 is 2.40 bits per heavy atom. The second-order valence-electron chi connectivity index (χ2n) is 7.67. The lowest BCUT2D eigenvalue weighted by Crippen LogP contribution is -2.36. The first kappa shape index (κ1) is 21.7. The van der Waals surface area contributed by atoms with Gasteiger partial charge in [-0.2, -0.15) is 0 Å². The Bertz CT molecular complexity index is 448. The first-order valence-corrected chi connectivity index (χ1v) is 9.99. The topological polar surface area (TPSA) is 66.5 Å². The third kappa shape index (κ3) is 7.17. The van der Waals surface area contributed by atoms with Gasteiger partial charge in [0.25, 0.3) is 0 Å². The van der Waals surface area contributed by atoms with Crippen molar-refractivity contribution < 1.29 is 14.4 Å². The monoisotopic (exact) mass is 352 g/mol. The van der Waals surface area contributed by atoms with Gasteiger partial charge < -0.3 is 5.32 Å². The molecule has 5 nitrogen and oxygen atoms in total. The van der Waals surface area contributed by atoms with Crippen LogP contribution in [0.1, 0.15) is 79.1 Å². The van der Waals surface area contributed by atoms with Crippen molar-refractivity contribution in [2.45, 2.75) is 79.1 Å². The summed E-state index contributed by atoms with van der Waals surface area (Å²) >= 11 is 0. The highest BCUT2D eigenvalue weighted by molar-refractivity contribution is 6.03. The molecule has 3 amide bonds. The van der Waals surface area contributed by atoms with Gasteiger partial charge in [0.05, 0.1) is 5.92 Å². The van der Waals surface area contributed by atoms with Crippen molar-refractivity contribution in [3.05, 3.63) is 0 Å². The van der Waals surface area contributed by atoms with Gasteiger partial charge in [-0.15, -0.1) is 0 Å². The number of hydrogen-bond acceptors (Lipinski definition) is 3. The van der Waals surface area contributed by atoms with E-state index in [1.54, 1.807) is 0 Å². The molecular formula is C20H36N2O3. The number of nitrogens with one attached hydrogen (secondary N) is 1. The maximum absolute atomic E-state index is 12.4. The smallest absolute Gasteiger partial charge is 0.233 e. The van der Waals surface area contributed by atoms with Crippen molar-refractivity contribution in [3.63, 3.8) is 0 Å². The highest BCUT2D eigenvalue weighted by atomic mass is 16.2. The van der Waals surface area contributed by atoms with E-state index in [0.717, 1.165) is 12.8 Å². The van der Waals surface area contributed by atoms with E-state index in [-0.39, 0.29) is 48.9 Å². The molecule has 144 valence electrons. The summed E-state index contributed by atoms with van der Waals surface area (Å²) in [6, 6.07) is 0. The highest BCUT2D eigenvalue weighted by Gasteiger charge is 2.41. The van der Waals surface area contributed by atoms with E-state index >= 15 is 0 Å². The summed E-state index contributed by atoms with van der Waals surface area (Å²) in [6.07, 6.45) is 7.62. The molecule has 0 aromatic carbocycles. The predicted molar refractivity (Wildman–Crippen MR) is 99.8 cm³/mol. The number of carbonyl (C=O) groups excluding carboxylic acids is 3. The first-order chi connectivity index (χ1) is 11.9. The molecule has 0 radical (unpaired) electrons. The van der Waals surface area contributed by atoms with Gasteiger partial charge >= 0.3 is 0 Å². The van der Waals surface area contributed by atoms with Crippen LogP contribution in [0.4, 0.5) is 0 Å². The van der Waals surface area contributed by atoms with E-state index in [2.05, 4.69) is 26.1 Å². The maximum Gasteiger partial charge on any atom is 0.233 e. The van der Waals surface area contributed by atoms with Crippen LogP contribution in [0, 0.1) is 17.8 Å². The van der Waals surface area contributed by atoms with Crippen molar-refractivity contribution >= 4 is 17.7 Å². The van der Waals surface area contributed by atoms with Crippen LogP contribution in [0.3, 0.4) is 0 Å². The number of likely N-dealkylation sites (tertiary alicyclic amines) is 1. The minimum atomic E-state index is -0.223. The summed E-state index contributed by atoms with van der Waals surface area (Å²) < 4.78 is 0. The molecular weight excluding hydrogens is 316 g/mol. The van der Waals surface area contributed by atoms with E-state index < -0.39 is 0 Å². The number of unbranched alkanes of at least 4 members (excludes halogenated alkanes) is 5. The molecule has 0 spiro atoms. The van der Waals surface area contributed by atoms with Crippen molar-refractivity contribution in [3.8, 4) is 0 Å². The zero-order chi connectivity index (χ0) is 18.8. The Kier molecular flexibility index (Phi) is 9.76. The summed E-state index contributed by atoms with van der Waals surface area (Å²) in [5.41, 5.74) is 0. The Hall–Kier alpha value is -1.39. The van der Waals surface area contributed by atoms with Crippen LogP contribution in [0.2, 0.25) is 0 Å². The number of nitrogens with zero attached hydrogens (tertiary/aromatic N) is 1. The normalized spacial score (nSPS) is 18.9. The summed E-state index contributed by atoms with van der Waals surface area (Å²) in [4.78, 5) is 37.7. The molecule has 1 rings (SSSR count). The van der Waals surface area contributed by atoms with E-state index in [4.69, 9.17) is 0 Å². The van der Waals surface area contributed by atoms with Crippen LogP contribution >= 0.6 is 0 Å². The van der Waals surface area contributed by atoms with Gasteiger partial charge in [-0.05, 0) is 18.3 Å². The van der Waals surface area contributed by atoms with Crippen molar-refractivity contribution in [2.75, 3.05) is 13.1 Å². The molecule has 2 unspecified atom stereocenters. The Morgan fingerprint density at radius 2 is 1.76 bits per heavy atom. The quantitative estimate of drug-likeness (QED) is 0.432.